The largest absolute Gasteiger partial charge is 0.441 e. The van der Waals surface area contributed by atoms with E-state index in [1.807, 2.05) is 29.2 Å². The normalized spacial score (nSPS) is 21.0. The molecule has 2 unspecified atom stereocenters. The van der Waals surface area contributed by atoms with Crippen molar-refractivity contribution in [2.45, 2.75) is 33.1 Å². The van der Waals surface area contributed by atoms with E-state index >= 15 is 0 Å². The Kier molecular flexibility index (Phi) is 5.24. The second-order valence-corrected chi connectivity index (χ2v) is 7.25. The Balaban J connectivity index is 1.59. The number of halogens is 1. The summed E-state index contributed by atoms with van der Waals surface area (Å²) in [6, 6.07) is 7.50. The number of hydrogen-bond acceptors (Lipinski definition) is 3. The Morgan fingerprint density at radius 2 is 2.00 bits per heavy atom. The van der Waals surface area contributed by atoms with Crippen LogP contribution < -0.4 is 0 Å². The summed E-state index contributed by atoms with van der Waals surface area (Å²) >= 11 is 6.18. The zero-order valence-corrected chi connectivity index (χ0v) is 14.9. The number of carbonyl (C=O) groups is 1. The molecule has 2 atom stereocenters. The van der Waals surface area contributed by atoms with Crippen LogP contribution in [-0.2, 0) is 11.2 Å². The van der Waals surface area contributed by atoms with Crippen molar-refractivity contribution in [3.63, 3.8) is 0 Å². The van der Waals surface area contributed by atoms with Gasteiger partial charge < -0.3 is 9.32 Å². The Labute approximate surface area is 147 Å². The summed E-state index contributed by atoms with van der Waals surface area (Å²) in [6.45, 7) is 6.14. The van der Waals surface area contributed by atoms with Gasteiger partial charge in [-0.1, -0.05) is 37.6 Å². The van der Waals surface area contributed by atoms with Gasteiger partial charge in [-0.25, -0.2) is 4.98 Å². The molecule has 4 nitrogen and oxygen atoms in total. The quantitative estimate of drug-likeness (QED) is 0.822. The molecular formula is C19H23ClN2O2. The first kappa shape index (κ1) is 17.0. The summed E-state index contributed by atoms with van der Waals surface area (Å²) in [4.78, 5) is 18.7. The molecule has 1 amide bonds. The molecule has 3 rings (SSSR count). The lowest BCUT2D eigenvalue weighted by molar-refractivity contribution is -0.133. The summed E-state index contributed by atoms with van der Waals surface area (Å²) < 4.78 is 5.76. The topological polar surface area (TPSA) is 46.3 Å². The molecule has 1 aliphatic rings. The molecule has 1 fully saturated rings. The van der Waals surface area contributed by atoms with Crippen LogP contribution in [0.15, 0.2) is 34.9 Å². The van der Waals surface area contributed by atoms with Crippen molar-refractivity contribution >= 4 is 17.5 Å². The van der Waals surface area contributed by atoms with Crippen molar-refractivity contribution in [2.24, 2.45) is 11.8 Å². The van der Waals surface area contributed by atoms with Gasteiger partial charge >= 0.3 is 0 Å². The van der Waals surface area contributed by atoms with E-state index in [-0.39, 0.29) is 5.91 Å². The van der Waals surface area contributed by atoms with Gasteiger partial charge in [0.05, 0.1) is 11.2 Å². The Bertz CT molecular complexity index is 703. The molecule has 0 aliphatic carbocycles. The number of oxazole rings is 1. The number of amides is 1. The van der Waals surface area contributed by atoms with Crippen LogP contribution in [0.3, 0.4) is 0 Å². The van der Waals surface area contributed by atoms with Crippen molar-refractivity contribution < 1.29 is 9.21 Å². The summed E-state index contributed by atoms with van der Waals surface area (Å²) in [5.41, 5.74) is 0.822. The van der Waals surface area contributed by atoms with E-state index in [0.717, 1.165) is 18.7 Å². The number of aryl methyl sites for hydroxylation is 1. The van der Waals surface area contributed by atoms with Gasteiger partial charge in [0.1, 0.15) is 0 Å². The standard InChI is InChI=1S/C19H23ClN2O2/c1-13-9-14(2)12-22(11-13)19(23)8-7-18-21-10-17(24-18)15-5-3-4-6-16(15)20/h3-6,10,13-14H,7-9,11-12H2,1-2H3. The van der Waals surface area contributed by atoms with Gasteiger partial charge in [-0.2, -0.15) is 0 Å². The third-order valence-corrected chi connectivity index (χ3v) is 4.80. The molecule has 0 spiro atoms. The maximum atomic E-state index is 12.4. The highest BCUT2D eigenvalue weighted by Crippen LogP contribution is 2.28. The Morgan fingerprint density at radius 1 is 1.29 bits per heavy atom. The van der Waals surface area contributed by atoms with Crippen LogP contribution in [0.1, 0.15) is 32.6 Å². The molecule has 2 aromatic rings. The van der Waals surface area contributed by atoms with E-state index in [4.69, 9.17) is 16.0 Å². The molecule has 24 heavy (non-hydrogen) atoms. The van der Waals surface area contributed by atoms with Crippen LogP contribution in [0.2, 0.25) is 5.02 Å². The highest BCUT2D eigenvalue weighted by molar-refractivity contribution is 6.33. The molecule has 0 saturated carbocycles. The smallest absolute Gasteiger partial charge is 0.223 e. The van der Waals surface area contributed by atoms with Crippen molar-refractivity contribution in [1.82, 2.24) is 9.88 Å². The van der Waals surface area contributed by atoms with Gasteiger partial charge in [-0.15, -0.1) is 0 Å². The Morgan fingerprint density at radius 3 is 2.71 bits per heavy atom. The SMILES string of the molecule is CC1CC(C)CN(C(=O)CCc2ncc(-c3ccccc3Cl)o2)C1. The van der Waals surface area contributed by atoms with Crippen molar-refractivity contribution in [2.75, 3.05) is 13.1 Å². The number of rotatable bonds is 4. The van der Waals surface area contributed by atoms with Crippen LogP contribution in [0.25, 0.3) is 11.3 Å². The molecular weight excluding hydrogens is 324 g/mol. The first-order chi connectivity index (χ1) is 11.5. The second-order valence-electron chi connectivity index (χ2n) is 6.84. The van der Waals surface area contributed by atoms with Gasteiger partial charge in [0.25, 0.3) is 0 Å². The predicted molar refractivity (Wildman–Crippen MR) is 94.8 cm³/mol. The molecule has 1 aromatic heterocycles. The fourth-order valence-electron chi connectivity index (χ4n) is 3.45. The number of aromatic nitrogens is 1. The van der Waals surface area contributed by atoms with Crippen LogP contribution >= 0.6 is 11.6 Å². The van der Waals surface area contributed by atoms with E-state index in [9.17, 15) is 4.79 Å². The van der Waals surface area contributed by atoms with Crippen LogP contribution in [0.4, 0.5) is 0 Å². The summed E-state index contributed by atoms with van der Waals surface area (Å²) in [7, 11) is 0. The molecule has 0 N–H and O–H groups in total. The molecule has 1 saturated heterocycles. The molecule has 5 heteroatoms. The fraction of sp³-hybridized carbons (Fsp3) is 0.474. The summed E-state index contributed by atoms with van der Waals surface area (Å²) in [5.74, 6) is 2.56. The number of nitrogens with zero attached hydrogens (tertiary/aromatic N) is 2. The average Bonchev–Trinajstić information content (AvgIpc) is 3.01. The van der Waals surface area contributed by atoms with Crippen LogP contribution in [-0.4, -0.2) is 28.9 Å². The third-order valence-electron chi connectivity index (χ3n) is 4.47. The second kappa shape index (κ2) is 7.39. The monoisotopic (exact) mass is 346 g/mol. The highest BCUT2D eigenvalue weighted by atomic mass is 35.5. The Hall–Kier alpha value is -1.81. The minimum absolute atomic E-state index is 0.186. The zero-order chi connectivity index (χ0) is 17.1. The van der Waals surface area contributed by atoms with Crippen molar-refractivity contribution in [3.05, 3.63) is 41.4 Å². The van der Waals surface area contributed by atoms with Crippen molar-refractivity contribution in [3.8, 4) is 11.3 Å². The molecule has 1 aromatic carbocycles. The summed E-state index contributed by atoms with van der Waals surface area (Å²) in [5, 5.41) is 0.632. The average molecular weight is 347 g/mol. The number of likely N-dealkylation sites (tertiary alicyclic amines) is 1. The molecule has 2 heterocycles. The van der Waals surface area contributed by atoms with E-state index < -0.39 is 0 Å². The fourth-order valence-corrected chi connectivity index (χ4v) is 3.68. The number of hydrogen-bond donors (Lipinski definition) is 0. The molecule has 0 radical (unpaired) electrons. The first-order valence-electron chi connectivity index (χ1n) is 8.50. The lowest BCUT2D eigenvalue weighted by atomic mass is 9.91. The molecule has 1 aliphatic heterocycles. The molecule has 128 valence electrons. The van der Waals surface area contributed by atoms with Crippen molar-refractivity contribution in [1.29, 1.82) is 0 Å². The third kappa shape index (κ3) is 3.99. The number of piperidine rings is 1. The first-order valence-corrected chi connectivity index (χ1v) is 8.88. The number of benzene rings is 1. The van der Waals surface area contributed by atoms with Gasteiger partial charge in [0.2, 0.25) is 5.91 Å². The van der Waals surface area contributed by atoms with E-state index in [1.54, 1.807) is 6.20 Å². The molecule has 0 bridgehead atoms. The zero-order valence-electron chi connectivity index (χ0n) is 14.2. The lowest BCUT2D eigenvalue weighted by Gasteiger charge is -2.35. The minimum atomic E-state index is 0.186. The summed E-state index contributed by atoms with van der Waals surface area (Å²) in [6.07, 6.45) is 3.82. The maximum absolute atomic E-state index is 12.4. The van der Waals surface area contributed by atoms with Gasteiger partial charge in [0, 0.05) is 31.5 Å². The van der Waals surface area contributed by atoms with Gasteiger partial charge in [-0.05, 0) is 30.4 Å². The lowest BCUT2D eigenvalue weighted by Crippen LogP contribution is -2.42. The van der Waals surface area contributed by atoms with E-state index in [2.05, 4.69) is 18.8 Å². The van der Waals surface area contributed by atoms with E-state index in [0.29, 0.717) is 41.4 Å². The highest BCUT2D eigenvalue weighted by Gasteiger charge is 2.25. The predicted octanol–water partition coefficient (Wildman–Crippen LogP) is 4.43. The van der Waals surface area contributed by atoms with Crippen LogP contribution in [0.5, 0.6) is 0 Å². The maximum Gasteiger partial charge on any atom is 0.223 e. The van der Waals surface area contributed by atoms with Gasteiger partial charge in [0.15, 0.2) is 11.7 Å². The van der Waals surface area contributed by atoms with Gasteiger partial charge in [-0.3, -0.25) is 4.79 Å². The van der Waals surface area contributed by atoms with E-state index in [1.165, 1.54) is 6.42 Å². The van der Waals surface area contributed by atoms with Crippen LogP contribution in [0, 0.1) is 11.8 Å². The number of carbonyl (C=O) groups excluding carboxylic acids is 1. The minimum Gasteiger partial charge on any atom is -0.441 e.